The molecule has 0 fully saturated rings. The maximum atomic E-state index is 10.3. The van der Waals surface area contributed by atoms with Crippen molar-refractivity contribution in [2.45, 2.75) is 32.0 Å². The lowest BCUT2D eigenvalue weighted by molar-refractivity contribution is 0.140. The van der Waals surface area contributed by atoms with Crippen LogP contribution in [0.2, 0.25) is 5.02 Å². The van der Waals surface area contributed by atoms with E-state index in [1.807, 2.05) is 31.2 Å². The van der Waals surface area contributed by atoms with Crippen molar-refractivity contribution in [1.29, 1.82) is 0 Å². The summed E-state index contributed by atoms with van der Waals surface area (Å²) in [5, 5.41) is 14.3. The number of halogens is 1. The number of hydrogen-bond acceptors (Lipinski definition) is 4. The second kappa shape index (κ2) is 7.43. The Kier molecular flexibility index (Phi) is 5.29. The van der Waals surface area contributed by atoms with E-state index in [9.17, 15) is 5.11 Å². The fourth-order valence-electron chi connectivity index (χ4n) is 3.23. The van der Waals surface area contributed by atoms with Gasteiger partial charge in [-0.05, 0) is 35.7 Å². The second-order valence-electron chi connectivity index (χ2n) is 5.87. The molecular formula is C19H22ClNO3. The topological polar surface area (TPSA) is 50.7 Å². The van der Waals surface area contributed by atoms with Crippen LogP contribution in [0, 0.1) is 0 Å². The molecule has 0 saturated heterocycles. The van der Waals surface area contributed by atoms with Crippen LogP contribution in [0.25, 0.3) is 0 Å². The predicted octanol–water partition coefficient (Wildman–Crippen LogP) is 3.50. The highest BCUT2D eigenvalue weighted by Gasteiger charge is 2.30. The molecule has 0 aromatic heterocycles. The van der Waals surface area contributed by atoms with Crippen LogP contribution in [-0.4, -0.2) is 24.9 Å². The average Bonchev–Trinajstić information content (AvgIpc) is 2.88. The van der Waals surface area contributed by atoms with Crippen molar-refractivity contribution in [1.82, 2.24) is 5.32 Å². The lowest BCUT2D eigenvalue weighted by Gasteiger charge is -2.19. The maximum absolute atomic E-state index is 10.3. The smallest absolute Gasteiger partial charge is 0.179 e. The van der Waals surface area contributed by atoms with Gasteiger partial charge in [0.25, 0.3) is 0 Å². The Morgan fingerprint density at radius 1 is 1.29 bits per heavy atom. The Labute approximate surface area is 147 Å². The summed E-state index contributed by atoms with van der Waals surface area (Å²) in [4.78, 5) is 0. The zero-order valence-corrected chi connectivity index (χ0v) is 14.6. The number of nitrogens with one attached hydrogen (secondary N) is 1. The van der Waals surface area contributed by atoms with Crippen LogP contribution in [0.1, 0.15) is 29.7 Å². The van der Waals surface area contributed by atoms with Crippen LogP contribution in [0.15, 0.2) is 36.4 Å². The molecule has 0 amide bonds. The molecule has 3 rings (SSSR count). The first kappa shape index (κ1) is 17.1. The molecule has 2 N–H and O–H groups in total. The number of ether oxygens (including phenoxy) is 2. The van der Waals surface area contributed by atoms with Gasteiger partial charge in [0.2, 0.25) is 0 Å². The summed E-state index contributed by atoms with van der Waals surface area (Å²) in [6, 6.07) is 11.9. The number of hydrogen-bond donors (Lipinski definition) is 2. The van der Waals surface area contributed by atoms with Gasteiger partial charge in [-0.15, -0.1) is 0 Å². The molecule has 0 radical (unpaired) electrons. The van der Waals surface area contributed by atoms with E-state index in [2.05, 4.69) is 17.4 Å². The highest BCUT2D eigenvalue weighted by atomic mass is 35.5. The predicted molar refractivity (Wildman–Crippen MR) is 94.9 cm³/mol. The summed E-state index contributed by atoms with van der Waals surface area (Å²) in [5.41, 5.74) is 3.35. The van der Waals surface area contributed by atoms with Crippen molar-refractivity contribution in [3.63, 3.8) is 0 Å². The molecule has 2 aromatic rings. The minimum Gasteiger partial charge on any atom is -0.491 e. The normalized spacial score (nSPS) is 19.2. The molecule has 0 unspecified atom stereocenters. The minimum absolute atomic E-state index is 0.0716. The molecule has 1 aliphatic carbocycles. The Hall–Kier alpha value is -1.75. The van der Waals surface area contributed by atoms with E-state index < -0.39 is 6.10 Å². The Balaban J connectivity index is 1.77. The van der Waals surface area contributed by atoms with Gasteiger partial charge in [-0.1, -0.05) is 35.9 Å². The van der Waals surface area contributed by atoms with Gasteiger partial charge in [0, 0.05) is 13.0 Å². The van der Waals surface area contributed by atoms with Crippen LogP contribution >= 0.6 is 11.6 Å². The zero-order valence-electron chi connectivity index (χ0n) is 13.9. The lowest BCUT2D eigenvalue weighted by atomic mass is 10.1. The van der Waals surface area contributed by atoms with Crippen molar-refractivity contribution in [2.24, 2.45) is 0 Å². The zero-order chi connectivity index (χ0) is 17.1. The summed E-state index contributed by atoms with van der Waals surface area (Å²) in [7, 11) is 1.58. The van der Waals surface area contributed by atoms with Gasteiger partial charge < -0.3 is 19.9 Å². The van der Waals surface area contributed by atoms with E-state index >= 15 is 0 Å². The van der Waals surface area contributed by atoms with Crippen LogP contribution in [-0.2, 0) is 13.0 Å². The average molecular weight is 348 g/mol. The number of benzene rings is 2. The quantitative estimate of drug-likeness (QED) is 0.839. The first-order valence-electron chi connectivity index (χ1n) is 8.12. The van der Waals surface area contributed by atoms with E-state index in [-0.39, 0.29) is 6.04 Å². The molecule has 128 valence electrons. The largest absolute Gasteiger partial charge is 0.491 e. The second-order valence-corrected chi connectivity index (χ2v) is 6.28. The fourth-order valence-corrected chi connectivity index (χ4v) is 3.54. The van der Waals surface area contributed by atoms with E-state index in [4.69, 9.17) is 21.1 Å². The highest BCUT2D eigenvalue weighted by molar-refractivity contribution is 6.32. The fraction of sp³-hybridized carbons (Fsp3) is 0.368. The summed E-state index contributed by atoms with van der Waals surface area (Å²) >= 11 is 6.29. The standard InChI is InChI=1S/C19H22ClNO3/c1-3-24-17-9-12(8-15(20)19(17)23-2)11-21-18-14-7-5-4-6-13(14)10-16(18)22/h4-9,16,18,21-22H,3,10-11H2,1-2H3/t16-,18+/m1/s1. The van der Waals surface area contributed by atoms with Crippen molar-refractivity contribution in [2.75, 3.05) is 13.7 Å². The van der Waals surface area contributed by atoms with Gasteiger partial charge >= 0.3 is 0 Å². The number of aliphatic hydroxyl groups excluding tert-OH is 1. The van der Waals surface area contributed by atoms with Gasteiger partial charge in [0.05, 0.1) is 30.9 Å². The van der Waals surface area contributed by atoms with Gasteiger partial charge in [0.1, 0.15) is 0 Å². The first-order valence-corrected chi connectivity index (χ1v) is 8.50. The molecule has 0 heterocycles. The number of rotatable bonds is 6. The van der Waals surface area contributed by atoms with Crippen molar-refractivity contribution < 1.29 is 14.6 Å². The molecule has 24 heavy (non-hydrogen) atoms. The summed E-state index contributed by atoms with van der Waals surface area (Å²) in [6.07, 6.45) is 0.268. The van der Waals surface area contributed by atoms with Gasteiger partial charge in [-0.3, -0.25) is 0 Å². The Morgan fingerprint density at radius 2 is 2.08 bits per heavy atom. The summed E-state index contributed by atoms with van der Waals surface area (Å²) in [6.45, 7) is 3.04. The van der Waals surface area contributed by atoms with Crippen LogP contribution < -0.4 is 14.8 Å². The third-order valence-corrected chi connectivity index (χ3v) is 4.58. The van der Waals surface area contributed by atoms with Crippen molar-refractivity contribution in [3.8, 4) is 11.5 Å². The Bertz CT molecular complexity index is 720. The number of fused-ring (bicyclic) bond motifs is 1. The van der Waals surface area contributed by atoms with Crippen LogP contribution in [0.3, 0.4) is 0 Å². The third-order valence-electron chi connectivity index (χ3n) is 4.30. The molecule has 4 nitrogen and oxygen atoms in total. The summed E-state index contributed by atoms with van der Waals surface area (Å²) < 4.78 is 10.9. The van der Waals surface area contributed by atoms with Crippen molar-refractivity contribution >= 4 is 11.6 Å². The SMILES string of the molecule is CCOc1cc(CN[C@H]2c3ccccc3C[C@H]2O)cc(Cl)c1OC. The van der Waals surface area contributed by atoms with E-state index in [1.54, 1.807) is 7.11 Å². The first-order chi connectivity index (χ1) is 11.6. The monoisotopic (exact) mass is 347 g/mol. The van der Waals surface area contributed by atoms with Crippen molar-refractivity contribution in [3.05, 3.63) is 58.1 Å². The molecule has 1 aliphatic rings. The van der Waals surface area contributed by atoms with E-state index in [0.29, 0.717) is 36.1 Å². The lowest BCUT2D eigenvalue weighted by Crippen LogP contribution is -2.28. The molecule has 5 heteroatoms. The number of aliphatic hydroxyl groups is 1. The molecule has 0 aliphatic heterocycles. The highest BCUT2D eigenvalue weighted by Crippen LogP contribution is 2.37. The van der Waals surface area contributed by atoms with Crippen LogP contribution in [0.4, 0.5) is 0 Å². The molecular weight excluding hydrogens is 326 g/mol. The maximum Gasteiger partial charge on any atom is 0.179 e. The number of methoxy groups -OCH3 is 1. The molecule has 2 atom stereocenters. The van der Waals surface area contributed by atoms with Gasteiger partial charge in [-0.2, -0.15) is 0 Å². The third kappa shape index (κ3) is 3.36. The summed E-state index contributed by atoms with van der Waals surface area (Å²) in [5.74, 6) is 1.19. The van der Waals surface area contributed by atoms with E-state index in [1.165, 1.54) is 5.56 Å². The van der Waals surface area contributed by atoms with E-state index in [0.717, 1.165) is 11.1 Å². The molecule has 0 spiro atoms. The van der Waals surface area contributed by atoms with Gasteiger partial charge in [-0.25, -0.2) is 0 Å². The van der Waals surface area contributed by atoms with Crippen LogP contribution in [0.5, 0.6) is 11.5 Å². The van der Waals surface area contributed by atoms with Gasteiger partial charge in [0.15, 0.2) is 11.5 Å². The molecule has 2 aromatic carbocycles. The molecule has 0 bridgehead atoms. The molecule has 0 saturated carbocycles. The minimum atomic E-state index is -0.414. The Morgan fingerprint density at radius 3 is 2.83 bits per heavy atom.